The molecular formula is C15H11NO3S. The van der Waals surface area contributed by atoms with Crippen molar-refractivity contribution in [1.82, 2.24) is 0 Å². The lowest BCUT2D eigenvalue weighted by atomic mass is 10.2. The molecule has 0 saturated carbocycles. The van der Waals surface area contributed by atoms with Crippen molar-refractivity contribution in [2.75, 3.05) is 7.11 Å². The quantitative estimate of drug-likeness (QED) is 0.643. The Labute approximate surface area is 120 Å². The minimum atomic E-state index is -0.427. The average molecular weight is 285 g/mol. The van der Waals surface area contributed by atoms with Crippen molar-refractivity contribution in [3.05, 3.63) is 57.9 Å². The molecule has 0 spiro atoms. The normalized spacial score (nSPS) is 16.1. The molecule has 4 nitrogen and oxygen atoms in total. The molecule has 0 bridgehead atoms. The van der Waals surface area contributed by atoms with E-state index >= 15 is 0 Å². The predicted octanol–water partition coefficient (Wildman–Crippen LogP) is 3.10. The van der Waals surface area contributed by atoms with Crippen LogP contribution in [0.2, 0.25) is 0 Å². The molecule has 1 aromatic heterocycles. The number of hydrogen-bond acceptors (Lipinski definition) is 5. The number of aliphatic imine (C=N–C) groups is 1. The second kappa shape index (κ2) is 5.30. The van der Waals surface area contributed by atoms with Crippen molar-refractivity contribution in [3.8, 4) is 5.75 Å². The van der Waals surface area contributed by atoms with Gasteiger partial charge in [-0.15, -0.1) is 11.3 Å². The van der Waals surface area contributed by atoms with E-state index < -0.39 is 5.97 Å². The number of cyclic esters (lactones) is 1. The van der Waals surface area contributed by atoms with Crippen molar-refractivity contribution < 1.29 is 14.3 Å². The first-order valence-electron chi connectivity index (χ1n) is 5.97. The molecule has 5 heteroatoms. The van der Waals surface area contributed by atoms with Crippen molar-refractivity contribution >= 4 is 29.3 Å². The summed E-state index contributed by atoms with van der Waals surface area (Å²) in [4.78, 5) is 17.0. The Kier molecular flexibility index (Phi) is 3.35. The standard InChI is InChI=1S/C15H11NO3S/c1-18-11-6-4-10(5-7-11)14-16-13(15(17)19-14)9-12-3-2-8-20-12/h2-9H,1H3. The van der Waals surface area contributed by atoms with Gasteiger partial charge in [0.2, 0.25) is 5.90 Å². The molecule has 3 rings (SSSR count). The first kappa shape index (κ1) is 12.6. The molecule has 1 aliphatic rings. The molecule has 2 aromatic rings. The number of carbonyl (C=O) groups is 1. The van der Waals surface area contributed by atoms with Crippen LogP contribution in [0.4, 0.5) is 0 Å². The maximum atomic E-state index is 11.8. The van der Waals surface area contributed by atoms with Gasteiger partial charge >= 0.3 is 5.97 Å². The highest BCUT2D eigenvalue weighted by Gasteiger charge is 2.24. The van der Waals surface area contributed by atoms with Gasteiger partial charge in [-0.2, -0.15) is 0 Å². The Morgan fingerprint density at radius 2 is 2.05 bits per heavy atom. The summed E-state index contributed by atoms with van der Waals surface area (Å²) < 4.78 is 10.3. The lowest BCUT2D eigenvalue weighted by Gasteiger charge is -2.01. The number of benzene rings is 1. The number of rotatable bonds is 3. The van der Waals surface area contributed by atoms with Crippen molar-refractivity contribution in [2.45, 2.75) is 0 Å². The molecule has 0 unspecified atom stereocenters. The second-order valence-corrected chi connectivity index (χ2v) is 5.06. The first-order chi connectivity index (χ1) is 9.76. The zero-order chi connectivity index (χ0) is 13.9. The highest BCUT2D eigenvalue weighted by atomic mass is 32.1. The first-order valence-corrected chi connectivity index (χ1v) is 6.85. The Morgan fingerprint density at radius 3 is 2.70 bits per heavy atom. The van der Waals surface area contributed by atoms with E-state index in [-0.39, 0.29) is 0 Å². The summed E-state index contributed by atoms with van der Waals surface area (Å²) >= 11 is 1.54. The Hall–Kier alpha value is -2.40. The van der Waals surface area contributed by atoms with Gasteiger partial charge in [0.1, 0.15) is 5.75 Å². The van der Waals surface area contributed by atoms with Gasteiger partial charge in [0.25, 0.3) is 0 Å². The van der Waals surface area contributed by atoms with Crippen molar-refractivity contribution in [2.24, 2.45) is 4.99 Å². The number of methoxy groups -OCH3 is 1. The number of nitrogens with zero attached hydrogens (tertiary/aromatic N) is 1. The third-order valence-electron chi connectivity index (χ3n) is 2.78. The van der Waals surface area contributed by atoms with Crippen LogP contribution in [-0.4, -0.2) is 19.0 Å². The molecule has 20 heavy (non-hydrogen) atoms. The van der Waals surface area contributed by atoms with E-state index in [4.69, 9.17) is 9.47 Å². The van der Waals surface area contributed by atoms with Crippen LogP contribution in [-0.2, 0) is 9.53 Å². The molecule has 1 aromatic carbocycles. The summed E-state index contributed by atoms with van der Waals surface area (Å²) in [5.74, 6) is 0.637. The van der Waals surface area contributed by atoms with Crippen LogP contribution in [0, 0.1) is 0 Å². The number of carbonyl (C=O) groups excluding carboxylic acids is 1. The van der Waals surface area contributed by atoms with Gasteiger partial charge in [-0.3, -0.25) is 0 Å². The number of ether oxygens (including phenoxy) is 2. The monoisotopic (exact) mass is 285 g/mol. The van der Waals surface area contributed by atoms with Crippen molar-refractivity contribution in [3.63, 3.8) is 0 Å². The minimum Gasteiger partial charge on any atom is -0.497 e. The summed E-state index contributed by atoms with van der Waals surface area (Å²) in [5, 5.41) is 1.95. The van der Waals surface area contributed by atoms with Crippen LogP contribution in [0.3, 0.4) is 0 Å². The van der Waals surface area contributed by atoms with Crippen LogP contribution < -0.4 is 4.74 Å². The van der Waals surface area contributed by atoms with Gasteiger partial charge in [0, 0.05) is 10.4 Å². The molecule has 2 heterocycles. The fraction of sp³-hybridized carbons (Fsp3) is 0.0667. The summed E-state index contributed by atoms with van der Waals surface area (Å²) in [7, 11) is 1.60. The molecular weight excluding hydrogens is 274 g/mol. The zero-order valence-corrected chi connectivity index (χ0v) is 11.5. The fourth-order valence-corrected chi connectivity index (χ4v) is 2.43. The topological polar surface area (TPSA) is 47.9 Å². The molecule has 1 aliphatic heterocycles. The SMILES string of the molecule is COc1ccc(C2=NC(=Cc3cccs3)C(=O)O2)cc1. The number of thiophene rings is 1. The van der Waals surface area contributed by atoms with E-state index in [0.717, 1.165) is 16.2 Å². The Balaban J connectivity index is 1.89. The van der Waals surface area contributed by atoms with Gasteiger partial charge in [-0.25, -0.2) is 9.79 Å². The second-order valence-electron chi connectivity index (χ2n) is 4.08. The van der Waals surface area contributed by atoms with Gasteiger partial charge in [0.05, 0.1) is 7.11 Å². The smallest absolute Gasteiger partial charge is 0.363 e. The molecule has 0 atom stereocenters. The molecule has 100 valence electrons. The summed E-state index contributed by atoms with van der Waals surface area (Å²) in [5.41, 5.74) is 1.06. The van der Waals surface area contributed by atoms with E-state index in [1.165, 1.54) is 0 Å². The molecule has 0 radical (unpaired) electrons. The summed E-state index contributed by atoms with van der Waals surface area (Å²) in [6.07, 6.45) is 1.73. The van der Waals surface area contributed by atoms with Gasteiger partial charge < -0.3 is 9.47 Å². The van der Waals surface area contributed by atoms with Gasteiger partial charge in [-0.1, -0.05) is 6.07 Å². The third kappa shape index (κ3) is 2.48. The maximum Gasteiger partial charge on any atom is 0.363 e. The van der Waals surface area contributed by atoms with E-state index in [1.807, 2.05) is 17.5 Å². The Morgan fingerprint density at radius 1 is 1.25 bits per heavy atom. The average Bonchev–Trinajstić information content (AvgIpc) is 3.10. The zero-order valence-electron chi connectivity index (χ0n) is 10.7. The van der Waals surface area contributed by atoms with Gasteiger partial charge in [0.15, 0.2) is 5.70 Å². The van der Waals surface area contributed by atoms with E-state index in [1.54, 1.807) is 48.8 Å². The van der Waals surface area contributed by atoms with E-state index in [0.29, 0.717) is 11.6 Å². The largest absolute Gasteiger partial charge is 0.497 e. The molecule has 0 amide bonds. The fourth-order valence-electron chi connectivity index (χ4n) is 1.77. The lowest BCUT2D eigenvalue weighted by Crippen LogP contribution is -2.05. The van der Waals surface area contributed by atoms with E-state index in [9.17, 15) is 4.79 Å². The highest BCUT2D eigenvalue weighted by molar-refractivity contribution is 7.10. The predicted molar refractivity (Wildman–Crippen MR) is 77.9 cm³/mol. The van der Waals surface area contributed by atoms with E-state index in [2.05, 4.69) is 4.99 Å². The summed E-state index contributed by atoms with van der Waals surface area (Å²) in [6.45, 7) is 0. The minimum absolute atomic E-state index is 0.318. The molecule has 0 saturated heterocycles. The number of hydrogen-bond donors (Lipinski definition) is 0. The van der Waals surface area contributed by atoms with Crippen LogP contribution in [0.5, 0.6) is 5.75 Å². The molecule has 0 N–H and O–H groups in total. The number of esters is 1. The molecule has 0 fully saturated rings. The van der Waals surface area contributed by atoms with Gasteiger partial charge in [-0.05, 0) is 41.8 Å². The summed E-state index contributed by atoms with van der Waals surface area (Å²) in [6, 6.07) is 11.1. The molecule has 0 aliphatic carbocycles. The third-order valence-corrected chi connectivity index (χ3v) is 3.60. The Bertz CT molecular complexity index is 684. The highest BCUT2D eigenvalue weighted by Crippen LogP contribution is 2.22. The van der Waals surface area contributed by atoms with Crippen molar-refractivity contribution in [1.29, 1.82) is 0 Å². The maximum absolute atomic E-state index is 11.8. The van der Waals surface area contributed by atoms with Crippen LogP contribution >= 0.6 is 11.3 Å². The van der Waals surface area contributed by atoms with Crippen LogP contribution in [0.15, 0.2) is 52.5 Å². The van der Waals surface area contributed by atoms with Crippen LogP contribution in [0.1, 0.15) is 10.4 Å². The van der Waals surface area contributed by atoms with Crippen LogP contribution in [0.25, 0.3) is 6.08 Å². The lowest BCUT2D eigenvalue weighted by molar-refractivity contribution is -0.129.